The van der Waals surface area contributed by atoms with Crippen LogP contribution in [0.1, 0.15) is 10.4 Å². The van der Waals surface area contributed by atoms with Crippen molar-refractivity contribution in [3.63, 3.8) is 0 Å². The molecule has 3 N–H and O–H groups in total. The maximum absolute atomic E-state index is 11.6. The van der Waals surface area contributed by atoms with Crippen molar-refractivity contribution >= 4 is 11.9 Å². The number of aliphatic carboxylic acids is 1. The lowest BCUT2D eigenvalue weighted by atomic mass is 10.2. The molecule has 1 rings (SSSR count). The molecule has 1 heterocycles. The highest BCUT2D eigenvalue weighted by Gasteiger charge is 2.16. The van der Waals surface area contributed by atoms with E-state index in [-0.39, 0.29) is 17.9 Å². The first-order chi connectivity index (χ1) is 8.06. The Morgan fingerprint density at radius 3 is 2.88 bits per heavy atom. The van der Waals surface area contributed by atoms with Gasteiger partial charge in [0.1, 0.15) is 5.75 Å². The van der Waals surface area contributed by atoms with E-state index in [9.17, 15) is 9.59 Å². The average molecular weight is 240 g/mol. The number of pyridine rings is 1. The van der Waals surface area contributed by atoms with Crippen LogP contribution in [-0.4, -0.2) is 46.8 Å². The van der Waals surface area contributed by atoms with Gasteiger partial charge in [-0.2, -0.15) is 0 Å². The van der Waals surface area contributed by atoms with Gasteiger partial charge in [-0.05, 0) is 6.07 Å². The molecule has 0 aliphatic heterocycles. The number of ether oxygens (including phenoxy) is 1. The fraction of sp³-hybridized carbons (Fsp3) is 0.300. The van der Waals surface area contributed by atoms with Gasteiger partial charge in [-0.3, -0.25) is 9.78 Å². The Bertz CT molecular complexity index is 421. The number of nitrogens with one attached hydrogen (secondary N) is 1. The highest BCUT2D eigenvalue weighted by molar-refractivity contribution is 5.96. The zero-order valence-electron chi connectivity index (χ0n) is 9.08. The molecule has 0 saturated heterocycles. The third kappa shape index (κ3) is 3.42. The highest BCUT2D eigenvalue weighted by atomic mass is 16.5. The van der Waals surface area contributed by atoms with E-state index in [1.165, 1.54) is 25.6 Å². The molecule has 0 aliphatic rings. The maximum atomic E-state index is 11.6. The summed E-state index contributed by atoms with van der Waals surface area (Å²) in [6.07, 6.45) is 1.14. The van der Waals surface area contributed by atoms with E-state index in [0.717, 1.165) is 0 Å². The Kier molecular flexibility index (Phi) is 4.41. The first-order valence-electron chi connectivity index (χ1n) is 4.73. The molecule has 17 heavy (non-hydrogen) atoms. The van der Waals surface area contributed by atoms with Crippen LogP contribution in [0.2, 0.25) is 0 Å². The number of carboxylic acids is 1. The van der Waals surface area contributed by atoms with Gasteiger partial charge in [-0.1, -0.05) is 0 Å². The van der Waals surface area contributed by atoms with E-state index in [2.05, 4.69) is 10.3 Å². The molecule has 0 spiro atoms. The number of aromatic nitrogens is 1. The van der Waals surface area contributed by atoms with Gasteiger partial charge in [0.2, 0.25) is 0 Å². The van der Waals surface area contributed by atoms with Crippen molar-refractivity contribution < 1.29 is 24.5 Å². The number of nitrogens with zero attached hydrogens (tertiary/aromatic N) is 1. The van der Waals surface area contributed by atoms with Crippen molar-refractivity contribution in [3.05, 3.63) is 24.0 Å². The summed E-state index contributed by atoms with van der Waals surface area (Å²) in [6.45, 7) is -0.375. The topological polar surface area (TPSA) is 109 Å². The SMILES string of the molecule is COc1cnccc1C(=O)NCC(O)C(=O)O. The molecule has 0 aliphatic carbocycles. The van der Waals surface area contributed by atoms with Crippen molar-refractivity contribution in [2.24, 2.45) is 0 Å². The molecule has 1 aromatic heterocycles. The van der Waals surface area contributed by atoms with Gasteiger partial charge in [0.25, 0.3) is 5.91 Å². The summed E-state index contributed by atoms with van der Waals surface area (Å²) < 4.78 is 4.92. The van der Waals surface area contributed by atoms with Crippen molar-refractivity contribution in [2.45, 2.75) is 6.10 Å². The molecule has 0 radical (unpaired) electrons. The molecule has 0 fully saturated rings. The van der Waals surface area contributed by atoms with E-state index < -0.39 is 18.0 Å². The predicted octanol–water partition coefficient (Wildman–Crippen LogP) is -0.735. The number of amides is 1. The zero-order valence-corrected chi connectivity index (χ0v) is 9.08. The number of hydrogen-bond donors (Lipinski definition) is 3. The summed E-state index contributed by atoms with van der Waals surface area (Å²) in [5.74, 6) is -1.66. The number of rotatable bonds is 5. The molecule has 0 bridgehead atoms. The van der Waals surface area contributed by atoms with Crippen LogP contribution < -0.4 is 10.1 Å². The fourth-order valence-electron chi connectivity index (χ4n) is 1.10. The molecule has 0 aromatic carbocycles. The Labute approximate surface area is 97.1 Å². The van der Waals surface area contributed by atoms with Gasteiger partial charge in [0, 0.05) is 6.20 Å². The van der Waals surface area contributed by atoms with Crippen molar-refractivity contribution in [3.8, 4) is 5.75 Å². The average Bonchev–Trinajstić information content (AvgIpc) is 2.35. The molecule has 7 nitrogen and oxygen atoms in total. The Hall–Kier alpha value is -2.15. The predicted molar refractivity (Wildman–Crippen MR) is 56.8 cm³/mol. The quantitative estimate of drug-likeness (QED) is 0.625. The third-order valence-corrected chi connectivity index (χ3v) is 1.99. The summed E-state index contributed by atoms with van der Waals surface area (Å²) in [5.41, 5.74) is 0.222. The Morgan fingerprint density at radius 1 is 1.59 bits per heavy atom. The van der Waals surface area contributed by atoms with Crippen LogP contribution in [0.3, 0.4) is 0 Å². The van der Waals surface area contributed by atoms with Gasteiger partial charge >= 0.3 is 5.97 Å². The second kappa shape index (κ2) is 5.80. The lowest BCUT2D eigenvalue weighted by Crippen LogP contribution is -2.36. The molecule has 1 unspecified atom stereocenters. The summed E-state index contributed by atoms with van der Waals surface area (Å²) in [6, 6.07) is 1.43. The molecular formula is C10H12N2O5. The number of aliphatic hydroxyl groups is 1. The van der Waals surface area contributed by atoms with Gasteiger partial charge in [-0.25, -0.2) is 4.79 Å². The number of hydrogen-bond acceptors (Lipinski definition) is 5. The van der Waals surface area contributed by atoms with Crippen LogP contribution >= 0.6 is 0 Å². The van der Waals surface area contributed by atoms with Crippen LogP contribution in [0.15, 0.2) is 18.5 Å². The minimum absolute atomic E-state index is 0.222. The molecule has 1 atom stereocenters. The van der Waals surface area contributed by atoms with Crippen molar-refractivity contribution in [2.75, 3.05) is 13.7 Å². The largest absolute Gasteiger partial charge is 0.494 e. The summed E-state index contributed by atoms with van der Waals surface area (Å²) in [7, 11) is 1.39. The maximum Gasteiger partial charge on any atom is 0.334 e. The van der Waals surface area contributed by atoms with Crippen LogP contribution in [-0.2, 0) is 4.79 Å². The molecule has 1 amide bonds. The first kappa shape index (κ1) is 12.9. The zero-order chi connectivity index (χ0) is 12.8. The normalized spacial score (nSPS) is 11.6. The molecule has 0 saturated carbocycles. The third-order valence-electron chi connectivity index (χ3n) is 1.99. The van der Waals surface area contributed by atoms with Crippen LogP contribution in [0.5, 0.6) is 5.75 Å². The van der Waals surface area contributed by atoms with Gasteiger partial charge < -0.3 is 20.3 Å². The number of aliphatic hydroxyl groups excluding tert-OH is 1. The number of methoxy groups -OCH3 is 1. The molecule has 1 aromatic rings. The number of carboxylic acid groups (broad SMARTS) is 1. The summed E-state index contributed by atoms with van der Waals surface area (Å²) in [4.78, 5) is 25.7. The second-order valence-electron chi connectivity index (χ2n) is 3.14. The van der Waals surface area contributed by atoms with E-state index in [1.807, 2.05) is 0 Å². The standard InChI is InChI=1S/C10H12N2O5/c1-17-8-5-11-3-2-6(8)9(14)12-4-7(13)10(15)16/h2-3,5,7,13H,4H2,1H3,(H,12,14)(H,15,16). The van der Waals surface area contributed by atoms with Crippen LogP contribution in [0, 0.1) is 0 Å². The first-order valence-corrected chi connectivity index (χ1v) is 4.73. The van der Waals surface area contributed by atoms with Crippen molar-refractivity contribution in [1.82, 2.24) is 10.3 Å². The lowest BCUT2D eigenvalue weighted by Gasteiger charge is -2.09. The molecule has 92 valence electrons. The second-order valence-corrected chi connectivity index (χ2v) is 3.14. The Balaban J connectivity index is 2.67. The summed E-state index contributed by atoms with van der Waals surface area (Å²) in [5, 5.41) is 19.7. The van der Waals surface area contributed by atoms with Crippen LogP contribution in [0.25, 0.3) is 0 Å². The van der Waals surface area contributed by atoms with E-state index in [0.29, 0.717) is 0 Å². The van der Waals surface area contributed by atoms with Crippen molar-refractivity contribution in [1.29, 1.82) is 0 Å². The lowest BCUT2D eigenvalue weighted by molar-refractivity contribution is -0.146. The minimum atomic E-state index is -1.63. The smallest absolute Gasteiger partial charge is 0.334 e. The van der Waals surface area contributed by atoms with E-state index in [4.69, 9.17) is 14.9 Å². The fourth-order valence-corrected chi connectivity index (χ4v) is 1.10. The molecular weight excluding hydrogens is 228 g/mol. The number of carbonyl (C=O) groups is 2. The summed E-state index contributed by atoms with van der Waals surface area (Å²) >= 11 is 0. The van der Waals surface area contributed by atoms with Crippen LogP contribution in [0.4, 0.5) is 0 Å². The molecule has 7 heteroatoms. The minimum Gasteiger partial charge on any atom is -0.494 e. The van der Waals surface area contributed by atoms with E-state index >= 15 is 0 Å². The monoisotopic (exact) mass is 240 g/mol. The van der Waals surface area contributed by atoms with Gasteiger partial charge in [0.15, 0.2) is 6.10 Å². The van der Waals surface area contributed by atoms with E-state index in [1.54, 1.807) is 0 Å². The Morgan fingerprint density at radius 2 is 2.29 bits per heavy atom. The van der Waals surface area contributed by atoms with Gasteiger partial charge in [-0.15, -0.1) is 0 Å². The van der Waals surface area contributed by atoms with Gasteiger partial charge in [0.05, 0.1) is 25.4 Å². The number of carbonyl (C=O) groups excluding carboxylic acids is 1. The highest BCUT2D eigenvalue weighted by Crippen LogP contribution is 2.14.